The van der Waals surface area contributed by atoms with Crippen LogP contribution in [-0.4, -0.2) is 10.9 Å². The van der Waals surface area contributed by atoms with Crippen LogP contribution in [-0.2, 0) is 6.54 Å². The van der Waals surface area contributed by atoms with Crippen LogP contribution >= 0.6 is 0 Å². The molecule has 0 spiro atoms. The van der Waals surface area contributed by atoms with Crippen molar-refractivity contribution in [3.05, 3.63) is 78.0 Å². The molecule has 0 saturated heterocycles. The second-order valence-electron chi connectivity index (χ2n) is 5.06. The number of benzene rings is 2. The van der Waals surface area contributed by atoms with Crippen LogP contribution in [0.25, 0.3) is 10.9 Å². The first-order valence-corrected chi connectivity index (χ1v) is 6.94. The third-order valence-corrected chi connectivity index (χ3v) is 3.68. The molecule has 2 aromatic carbocycles. The molecule has 1 heterocycles. The van der Waals surface area contributed by atoms with Crippen molar-refractivity contribution in [2.24, 2.45) is 5.16 Å². The predicted octanol–water partition coefficient (Wildman–Crippen LogP) is 0.318. The zero-order chi connectivity index (χ0) is 14.7. The highest BCUT2D eigenvalue weighted by atomic mass is 35.5. The van der Waals surface area contributed by atoms with Crippen molar-refractivity contribution in [3.63, 3.8) is 0 Å². The van der Waals surface area contributed by atoms with Gasteiger partial charge in [-0.25, -0.2) is 0 Å². The highest BCUT2D eigenvalue weighted by Crippen LogP contribution is 2.11. The van der Waals surface area contributed by atoms with Crippen LogP contribution in [0, 0.1) is 6.92 Å². The van der Waals surface area contributed by atoms with Gasteiger partial charge in [-0.3, -0.25) is 0 Å². The maximum atomic E-state index is 9.41. The average molecular weight is 313 g/mol. The summed E-state index contributed by atoms with van der Waals surface area (Å²) in [7, 11) is 0. The maximum Gasteiger partial charge on any atom is 0.212 e. The predicted molar refractivity (Wildman–Crippen MR) is 83.6 cm³/mol. The van der Waals surface area contributed by atoms with Gasteiger partial charge in [0.15, 0.2) is 18.5 Å². The van der Waals surface area contributed by atoms with E-state index in [9.17, 15) is 5.21 Å². The lowest BCUT2D eigenvalue weighted by Crippen LogP contribution is -3.00. The zero-order valence-electron chi connectivity index (χ0n) is 12.3. The van der Waals surface area contributed by atoms with Crippen LogP contribution < -0.4 is 17.0 Å². The summed E-state index contributed by atoms with van der Waals surface area (Å²) in [6.45, 7) is 2.55. The number of hydrogen-bond donors (Lipinski definition) is 1. The molecular weight excluding hydrogens is 296 g/mol. The molecule has 0 bridgehead atoms. The molecule has 0 aliphatic rings. The van der Waals surface area contributed by atoms with Crippen molar-refractivity contribution in [2.45, 2.75) is 13.5 Å². The molecule has 0 radical (unpaired) electrons. The number of pyridine rings is 1. The fourth-order valence-corrected chi connectivity index (χ4v) is 2.59. The minimum atomic E-state index is 0. The van der Waals surface area contributed by atoms with Crippen molar-refractivity contribution in [3.8, 4) is 0 Å². The molecular formula is C18H17ClN2O. The number of hydrogen-bond acceptors (Lipinski definition) is 2. The molecule has 0 aliphatic heterocycles. The Hall–Kier alpha value is -2.39. The Morgan fingerprint density at radius 1 is 1.00 bits per heavy atom. The lowest BCUT2D eigenvalue weighted by Gasteiger charge is -2.06. The third kappa shape index (κ3) is 3.10. The van der Waals surface area contributed by atoms with E-state index in [4.69, 9.17) is 0 Å². The van der Waals surface area contributed by atoms with Crippen molar-refractivity contribution in [1.82, 2.24) is 0 Å². The number of rotatable bonds is 3. The zero-order valence-corrected chi connectivity index (χ0v) is 13.0. The topological polar surface area (TPSA) is 36.5 Å². The molecule has 1 aromatic heterocycles. The standard InChI is InChI=1S/C18H16N2O.ClH/c1-14-7-2-4-10-16(14)17(19-21)13-20-12-6-9-15-8-3-5-11-18(15)20;/h2-12H,13H2,1H3;1H. The van der Waals surface area contributed by atoms with Gasteiger partial charge in [0.25, 0.3) is 0 Å². The first kappa shape index (κ1) is 16.0. The van der Waals surface area contributed by atoms with Crippen molar-refractivity contribution < 1.29 is 22.2 Å². The molecule has 1 N–H and O–H groups in total. The van der Waals surface area contributed by atoms with E-state index in [-0.39, 0.29) is 12.4 Å². The van der Waals surface area contributed by atoms with Crippen LogP contribution in [0.5, 0.6) is 0 Å². The van der Waals surface area contributed by atoms with Gasteiger partial charge in [0.05, 0.1) is 0 Å². The number of para-hydroxylation sites is 1. The quantitative estimate of drug-likeness (QED) is 0.321. The number of nitrogens with zero attached hydrogens (tertiary/aromatic N) is 2. The summed E-state index contributed by atoms with van der Waals surface area (Å²) >= 11 is 0. The first-order valence-electron chi connectivity index (χ1n) is 6.94. The number of aromatic nitrogens is 1. The minimum absolute atomic E-state index is 0. The van der Waals surface area contributed by atoms with Crippen LogP contribution in [0.3, 0.4) is 0 Å². The van der Waals surface area contributed by atoms with Gasteiger partial charge >= 0.3 is 0 Å². The van der Waals surface area contributed by atoms with E-state index >= 15 is 0 Å². The minimum Gasteiger partial charge on any atom is -1.00 e. The summed E-state index contributed by atoms with van der Waals surface area (Å²) in [5.74, 6) is 0. The van der Waals surface area contributed by atoms with Crippen LogP contribution in [0.2, 0.25) is 0 Å². The number of fused-ring (bicyclic) bond motifs is 1. The number of aryl methyl sites for hydroxylation is 1. The molecule has 22 heavy (non-hydrogen) atoms. The van der Waals surface area contributed by atoms with Crippen molar-refractivity contribution in [2.75, 3.05) is 0 Å². The van der Waals surface area contributed by atoms with E-state index in [1.807, 2.05) is 55.6 Å². The smallest absolute Gasteiger partial charge is 0.212 e. The van der Waals surface area contributed by atoms with Gasteiger partial charge in [0, 0.05) is 23.1 Å². The first-order chi connectivity index (χ1) is 10.3. The molecule has 0 saturated carbocycles. The molecule has 0 fully saturated rings. The normalized spacial score (nSPS) is 11.2. The molecule has 0 amide bonds. The molecule has 3 rings (SSSR count). The third-order valence-electron chi connectivity index (χ3n) is 3.68. The largest absolute Gasteiger partial charge is 1.00 e. The Morgan fingerprint density at radius 2 is 1.68 bits per heavy atom. The monoisotopic (exact) mass is 312 g/mol. The number of halogens is 1. The maximum absolute atomic E-state index is 9.41. The van der Waals surface area contributed by atoms with E-state index in [2.05, 4.69) is 27.9 Å². The molecule has 0 atom stereocenters. The van der Waals surface area contributed by atoms with E-state index in [0.29, 0.717) is 12.3 Å². The molecule has 0 unspecified atom stereocenters. The van der Waals surface area contributed by atoms with Gasteiger partial charge < -0.3 is 17.6 Å². The van der Waals surface area contributed by atoms with E-state index in [1.165, 1.54) is 5.39 Å². The Kier molecular flexibility index (Phi) is 5.12. The fourth-order valence-electron chi connectivity index (χ4n) is 2.59. The fraction of sp³-hybridized carbons (Fsp3) is 0.111. The number of oxime groups is 1. The molecule has 3 aromatic rings. The highest BCUT2D eigenvalue weighted by Gasteiger charge is 2.15. The summed E-state index contributed by atoms with van der Waals surface area (Å²) in [6.07, 6.45) is 2.01. The van der Waals surface area contributed by atoms with Gasteiger partial charge in [-0.15, -0.1) is 0 Å². The second-order valence-corrected chi connectivity index (χ2v) is 5.06. The second kappa shape index (κ2) is 7.05. The molecule has 3 nitrogen and oxygen atoms in total. The Morgan fingerprint density at radius 3 is 2.45 bits per heavy atom. The average Bonchev–Trinajstić information content (AvgIpc) is 2.53. The van der Waals surface area contributed by atoms with Gasteiger partial charge in [0.1, 0.15) is 0 Å². The summed E-state index contributed by atoms with van der Waals surface area (Å²) in [4.78, 5) is 0. The van der Waals surface area contributed by atoms with Crippen LogP contribution in [0.4, 0.5) is 0 Å². The van der Waals surface area contributed by atoms with Crippen molar-refractivity contribution in [1.29, 1.82) is 0 Å². The van der Waals surface area contributed by atoms with Gasteiger partial charge in [-0.05, 0) is 24.6 Å². The van der Waals surface area contributed by atoms with E-state index in [0.717, 1.165) is 16.6 Å². The summed E-state index contributed by atoms with van der Waals surface area (Å²) in [5, 5.41) is 14.1. The van der Waals surface area contributed by atoms with E-state index < -0.39 is 0 Å². The molecule has 112 valence electrons. The van der Waals surface area contributed by atoms with Gasteiger partial charge in [-0.1, -0.05) is 41.6 Å². The summed E-state index contributed by atoms with van der Waals surface area (Å²) in [5.41, 5.74) is 3.86. The van der Waals surface area contributed by atoms with Gasteiger partial charge in [0.2, 0.25) is 5.52 Å². The van der Waals surface area contributed by atoms with Crippen LogP contribution in [0.1, 0.15) is 11.1 Å². The van der Waals surface area contributed by atoms with Crippen LogP contribution in [0.15, 0.2) is 72.0 Å². The lowest BCUT2D eigenvalue weighted by atomic mass is 10.0. The molecule has 0 aliphatic carbocycles. The van der Waals surface area contributed by atoms with E-state index in [1.54, 1.807) is 0 Å². The summed E-state index contributed by atoms with van der Waals surface area (Å²) in [6, 6.07) is 20.2. The lowest BCUT2D eigenvalue weighted by molar-refractivity contribution is -0.655. The SMILES string of the molecule is Cc1ccccc1C(C[n+]1cccc2ccccc21)=NO.[Cl-]. The highest BCUT2D eigenvalue weighted by molar-refractivity contribution is 6.00. The Bertz CT molecular complexity index is 810. The Balaban J connectivity index is 0.00000176. The van der Waals surface area contributed by atoms with Gasteiger partial charge in [-0.2, -0.15) is 4.57 Å². The molecule has 4 heteroatoms. The Labute approximate surface area is 135 Å². The van der Waals surface area contributed by atoms with Crippen molar-refractivity contribution >= 4 is 16.6 Å². The summed E-state index contributed by atoms with van der Waals surface area (Å²) < 4.78 is 2.09.